The van der Waals surface area contributed by atoms with Gasteiger partial charge in [-0.1, -0.05) is 54.6 Å². The summed E-state index contributed by atoms with van der Waals surface area (Å²) in [4.78, 5) is 23.1. The Morgan fingerprint density at radius 3 is 2.19 bits per heavy atom. The Hall–Kier alpha value is -2.47. The van der Waals surface area contributed by atoms with Gasteiger partial charge in [0.15, 0.2) is 0 Å². The molecule has 0 bridgehead atoms. The molecule has 144 valence electrons. The van der Waals surface area contributed by atoms with Crippen LogP contribution in [0.2, 0.25) is 0 Å². The van der Waals surface area contributed by atoms with Crippen molar-refractivity contribution in [1.82, 2.24) is 5.32 Å². The molecule has 5 nitrogen and oxygen atoms in total. The number of benzene rings is 2. The predicted octanol–water partition coefficient (Wildman–Crippen LogP) is 4.56. The number of thioether (sulfide) groups is 1. The molecule has 0 aromatic heterocycles. The predicted molar refractivity (Wildman–Crippen MR) is 109 cm³/mol. The Balaban J connectivity index is 1.86. The summed E-state index contributed by atoms with van der Waals surface area (Å²) in [6.45, 7) is 5.20. The maximum absolute atomic E-state index is 11.8. The molecule has 0 unspecified atom stereocenters. The molecule has 1 amide bonds. The van der Waals surface area contributed by atoms with Crippen molar-refractivity contribution in [2.24, 2.45) is 0 Å². The van der Waals surface area contributed by atoms with Crippen molar-refractivity contribution in [2.75, 3.05) is 5.75 Å². The summed E-state index contributed by atoms with van der Waals surface area (Å²) in [5.41, 5.74) is 2.73. The third-order valence-electron chi connectivity index (χ3n) is 3.60. The first kappa shape index (κ1) is 20.8. The molecule has 0 aliphatic carbocycles. The molecule has 0 fully saturated rings. The van der Waals surface area contributed by atoms with Crippen molar-refractivity contribution >= 4 is 23.8 Å². The van der Waals surface area contributed by atoms with E-state index in [0.29, 0.717) is 5.75 Å². The smallest absolute Gasteiger partial charge is 0.408 e. The van der Waals surface area contributed by atoms with Gasteiger partial charge in [-0.25, -0.2) is 9.59 Å². The molecule has 2 aromatic carbocycles. The summed E-state index contributed by atoms with van der Waals surface area (Å²) in [5.74, 6) is -0.156. The lowest BCUT2D eigenvalue weighted by Gasteiger charge is -2.21. The summed E-state index contributed by atoms with van der Waals surface area (Å²) in [7, 11) is 0. The molecule has 0 aliphatic rings. The second-order valence-electron chi connectivity index (χ2n) is 7.12. The number of aliphatic carboxylic acids is 1. The lowest BCUT2D eigenvalue weighted by molar-refractivity contribution is -0.138. The Labute approximate surface area is 164 Å². The fraction of sp³-hybridized carbons (Fsp3) is 0.333. The van der Waals surface area contributed by atoms with Gasteiger partial charge in [-0.3, -0.25) is 0 Å². The van der Waals surface area contributed by atoms with Gasteiger partial charge in [0.2, 0.25) is 0 Å². The molecule has 2 N–H and O–H groups in total. The van der Waals surface area contributed by atoms with Crippen LogP contribution >= 0.6 is 11.8 Å². The third kappa shape index (κ3) is 7.35. The molecule has 1 atom stereocenters. The summed E-state index contributed by atoms with van der Waals surface area (Å²) >= 11 is 1.45. The van der Waals surface area contributed by atoms with E-state index in [1.807, 2.05) is 30.3 Å². The van der Waals surface area contributed by atoms with Gasteiger partial charge in [0, 0.05) is 11.5 Å². The number of carboxylic acid groups (broad SMARTS) is 1. The molecule has 27 heavy (non-hydrogen) atoms. The number of hydrogen-bond donors (Lipinski definition) is 2. The van der Waals surface area contributed by atoms with Gasteiger partial charge in [-0.15, -0.1) is 0 Å². The summed E-state index contributed by atoms with van der Waals surface area (Å²) in [5, 5.41) is 11.7. The molecular weight excluding hydrogens is 362 g/mol. The molecule has 6 heteroatoms. The van der Waals surface area contributed by atoms with E-state index in [9.17, 15) is 14.7 Å². The van der Waals surface area contributed by atoms with Crippen LogP contribution in [0.4, 0.5) is 4.79 Å². The number of carbonyl (C=O) groups excluding carboxylic acids is 1. The molecule has 0 heterocycles. The number of carbonyl (C=O) groups is 2. The van der Waals surface area contributed by atoms with Crippen molar-refractivity contribution in [1.29, 1.82) is 0 Å². The highest BCUT2D eigenvalue weighted by Gasteiger charge is 2.23. The van der Waals surface area contributed by atoms with Crippen molar-refractivity contribution in [3.05, 3.63) is 60.2 Å². The van der Waals surface area contributed by atoms with E-state index in [2.05, 4.69) is 29.6 Å². The van der Waals surface area contributed by atoms with Crippen molar-refractivity contribution < 1.29 is 19.4 Å². The lowest BCUT2D eigenvalue weighted by atomic mass is 10.0. The summed E-state index contributed by atoms with van der Waals surface area (Å²) in [6, 6.07) is 17.3. The number of hydrogen-bond acceptors (Lipinski definition) is 4. The van der Waals surface area contributed by atoms with E-state index in [0.717, 1.165) is 16.7 Å². The molecular formula is C21H25NO4S. The number of nitrogens with one attached hydrogen (secondary N) is 1. The minimum atomic E-state index is -1.08. The third-order valence-corrected chi connectivity index (χ3v) is 4.71. The zero-order valence-electron chi connectivity index (χ0n) is 15.8. The SMILES string of the molecule is CC(C)(C)OC(=O)N[C@@H](CSCc1ccc(-c2ccccc2)cc1)C(=O)O. The number of rotatable bonds is 7. The van der Waals surface area contributed by atoms with Crippen LogP contribution < -0.4 is 5.32 Å². The highest BCUT2D eigenvalue weighted by atomic mass is 32.2. The molecule has 0 saturated carbocycles. The van der Waals surface area contributed by atoms with Crippen LogP contribution in [0.25, 0.3) is 11.1 Å². The Morgan fingerprint density at radius 2 is 1.63 bits per heavy atom. The van der Waals surface area contributed by atoms with Gasteiger partial charge >= 0.3 is 12.1 Å². The van der Waals surface area contributed by atoms with Crippen molar-refractivity contribution in [2.45, 2.75) is 38.2 Å². The molecule has 0 aliphatic heterocycles. The van der Waals surface area contributed by atoms with E-state index >= 15 is 0 Å². The van der Waals surface area contributed by atoms with E-state index in [-0.39, 0.29) is 5.75 Å². The van der Waals surface area contributed by atoms with Crippen molar-refractivity contribution in [3.8, 4) is 11.1 Å². The number of alkyl carbamates (subject to hydrolysis) is 1. The minimum Gasteiger partial charge on any atom is -0.480 e. The first-order valence-electron chi connectivity index (χ1n) is 8.69. The molecule has 2 rings (SSSR count). The van der Waals surface area contributed by atoms with Gasteiger partial charge in [0.1, 0.15) is 11.6 Å². The fourth-order valence-electron chi connectivity index (χ4n) is 2.34. The average molecular weight is 388 g/mol. The number of amides is 1. The number of ether oxygens (including phenoxy) is 1. The molecule has 2 aromatic rings. The second-order valence-corrected chi connectivity index (χ2v) is 8.15. The normalized spacial score (nSPS) is 12.3. The van der Waals surface area contributed by atoms with Gasteiger partial charge < -0.3 is 15.2 Å². The van der Waals surface area contributed by atoms with Gasteiger partial charge in [-0.05, 0) is 37.5 Å². The van der Waals surface area contributed by atoms with Gasteiger partial charge in [0.25, 0.3) is 0 Å². The Bertz CT molecular complexity index is 754. The highest BCUT2D eigenvalue weighted by Crippen LogP contribution is 2.21. The van der Waals surface area contributed by atoms with Crippen LogP contribution in [0.15, 0.2) is 54.6 Å². The number of carboxylic acids is 1. The van der Waals surface area contributed by atoms with Crippen LogP contribution in [-0.2, 0) is 15.3 Å². The first-order valence-corrected chi connectivity index (χ1v) is 9.84. The van der Waals surface area contributed by atoms with Crippen LogP contribution in [0.1, 0.15) is 26.3 Å². The van der Waals surface area contributed by atoms with E-state index in [1.165, 1.54) is 11.8 Å². The Morgan fingerprint density at radius 1 is 1.04 bits per heavy atom. The fourth-order valence-corrected chi connectivity index (χ4v) is 3.35. The van der Waals surface area contributed by atoms with Gasteiger partial charge in [0.05, 0.1) is 0 Å². The molecule has 0 saturated heterocycles. The van der Waals surface area contributed by atoms with Crippen molar-refractivity contribution in [3.63, 3.8) is 0 Å². The highest BCUT2D eigenvalue weighted by molar-refractivity contribution is 7.98. The maximum Gasteiger partial charge on any atom is 0.408 e. The largest absolute Gasteiger partial charge is 0.480 e. The molecule has 0 spiro atoms. The zero-order valence-corrected chi connectivity index (χ0v) is 16.6. The first-order chi connectivity index (χ1) is 12.7. The second kappa shape index (κ2) is 9.46. The average Bonchev–Trinajstić information content (AvgIpc) is 2.60. The molecule has 0 radical (unpaired) electrons. The standard InChI is InChI=1S/C21H25NO4S/c1-21(2,3)26-20(25)22-18(19(23)24)14-27-13-15-9-11-17(12-10-15)16-7-5-4-6-8-16/h4-12,18H,13-14H2,1-3H3,(H,22,25)(H,23,24)/t18-/m0/s1. The Kier molecular flexibility index (Phi) is 7.30. The van der Waals surface area contributed by atoms with Crippen LogP contribution in [0.3, 0.4) is 0 Å². The monoisotopic (exact) mass is 387 g/mol. The summed E-state index contributed by atoms with van der Waals surface area (Å²) in [6.07, 6.45) is -0.720. The zero-order chi connectivity index (χ0) is 19.9. The van der Waals surface area contributed by atoms with E-state index in [4.69, 9.17) is 4.74 Å². The van der Waals surface area contributed by atoms with Crippen LogP contribution in [-0.4, -0.2) is 34.6 Å². The lowest BCUT2D eigenvalue weighted by Crippen LogP contribution is -2.44. The van der Waals surface area contributed by atoms with Gasteiger partial charge in [-0.2, -0.15) is 11.8 Å². The van der Waals surface area contributed by atoms with Crippen LogP contribution in [0, 0.1) is 0 Å². The maximum atomic E-state index is 11.8. The quantitative estimate of drug-likeness (QED) is 0.728. The van der Waals surface area contributed by atoms with Crippen LogP contribution in [0.5, 0.6) is 0 Å². The minimum absolute atomic E-state index is 0.259. The summed E-state index contributed by atoms with van der Waals surface area (Å²) < 4.78 is 5.12. The topological polar surface area (TPSA) is 75.6 Å². The van der Waals surface area contributed by atoms with E-state index in [1.54, 1.807) is 20.8 Å². The van der Waals surface area contributed by atoms with E-state index < -0.39 is 23.7 Å².